The van der Waals surface area contributed by atoms with E-state index >= 15 is 0 Å². The maximum absolute atomic E-state index is 11.0. The Balaban J connectivity index is 2.44. The highest BCUT2D eigenvalue weighted by molar-refractivity contribution is 5.90. The van der Waals surface area contributed by atoms with Gasteiger partial charge in [-0.2, -0.15) is 0 Å². The number of nitrogen functional groups attached to an aromatic ring is 1. The van der Waals surface area contributed by atoms with Crippen molar-refractivity contribution in [1.29, 1.82) is 0 Å². The molecule has 0 bridgehead atoms. The van der Waals surface area contributed by atoms with Gasteiger partial charge in [-0.1, -0.05) is 12.1 Å². The fourth-order valence-electron chi connectivity index (χ4n) is 1.68. The van der Waals surface area contributed by atoms with Crippen LogP contribution in [-0.4, -0.2) is 16.0 Å². The molecular formula is C13H11N3O4. The molecule has 20 heavy (non-hydrogen) atoms. The number of aromatic carboxylic acids is 1. The number of nitro groups is 1. The predicted octanol–water partition coefficient (Wildman–Crippen LogP) is 2.62. The Hall–Kier alpha value is -3.09. The van der Waals surface area contributed by atoms with E-state index in [1.54, 1.807) is 24.3 Å². The summed E-state index contributed by atoms with van der Waals surface area (Å²) in [6, 6.07) is 10.4. The molecule has 0 heterocycles. The van der Waals surface area contributed by atoms with E-state index in [9.17, 15) is 14.9 Å². The molecule has 0 aliphatic heterocycles. The van der Waals surface area contributed by atoms with Crippen LogP contribution in [0.1, 0.15) is 10.4 Å². The lowest BCUT2D eigenvalue weighted by atomic mass is 10.1. The van der Waals surface area contributed by atoms with Crippen molar-refractivity contribution >= 4 is 28.7 Å². The first-order chi connectivity index (χ1) is 9.49. The van der Waals surface area contributed by atoms with Gasteiger partial charge in [0.1, 0.15) is 5.69 Å². The second kappa shape index (κ2) is 5.27. The van der Waals surface area contributed by atoms with E-state index in [0.29, 0.717) is 11.4 Å². The van der Waals surface area contributed by atoms with Crippen molar-refractivity contribution in [3.05, 3.63) is 58.1 Å². The molecule has 0 atom stereocenters. The molecule has 4 N–H and O–H groups in total. The third kappa shape index (κ3) is 2.66. The van der Waals surface area contributed by atoms with E-state index in [2.05, 4.69) is 5.32 Å². The third-order valence-electron chi connectivity index (χ3n) is 2.67. The minimum absolute atomic E-state index is 0.150. The number of nitro benzene ring substituents is 1. The third-order valence-corrected chi connectivity index (χ3v) is 2.67. The van der Waals surface area contributed by atoms with Gasteiger partial charge in [-0.05, 0) is 24.3 Å². The number of nitrogens with zero attached hydrogens (tertiary/aromatic N) is 1. The molecule has 2 aromatic rings. The lowest BCUT2D eigenvalue weighted by molar-refractivity contribution is -0.383. The molecule has 0 aliphatic rings. The lowest BCUT2D eigenvalue weighted by Gasteiger charge is -2.09. The van der Waals surface area contributed by atoms with Crippen molar-refractivity contribution in [3.8, 4) is 0 Å². The number of nitrogens with two attached hydrogens (primary N) is 1. The normalized spacial score (nSPS) is 10.0. The summed E-state index contributed by atoms with van der Waals surface area (Å²) in [6.45, 7) is 0. The van der Waals surface area contributed by atoms with E-state index < -0.39 is 10.9 Å². The highest BCUT2D eigenvalue weighted by Crippen LogP contribution is 2.30. The first-order valence-electron chi connectivity index (χ1n) is 5.62. The van der Waals surface area contributed by atoms with Crippen LogP contribution in [0.5, 0.6) is 0 Å². The molecule has 0 amide bonds. The molecule has 2 rings (SSSR count). The lowest BCUT2D eigenvalue weighted by Crippen LogP contribution is -2.02. The van der Waals surface area contributed by atoms with Crippen molar-refractivity contribution in [2.75, 3.05) is 11.1 Å². The summed E-state index contributed by atoms with van der Waals surface area (Å²) in [4.78, 5) is 21.2. The summed E-state index contributed by atoms with van der Waals surface area (Å²) in [7, 11) is 0. The number of anilines is 3. The zero-order valence-electron chi connectivity index (χ0n) is 10.2. The summed E-state index contributed by atoms with van der Waals surface area (Å²) in [5.41, 5.74) is 6.40. The van der Waals surface area contributed by atoms with Crippen LogP contribution in [0, 0.1) is 10.1 Å². The fourth-order valence-corrected chi connectivity index (χ4v) is 1.68. The van der Waals surface area contributed by atoms with Crippen LogP contribution in [0.25, 0.3) is 0 Å². The molecule has 102 valence electrons. The predicted molar refractivity (Wildman–Crippen MR) is 74.2 cm³/mol. The Kier molecular flexibility index (Phi) is 3.52. The van der Waals surface area contributed by atoms with Crippen LogP contribution in [0.4, 0.5) is 22.7 Å². The Labute approximate surface area is 113 Å². The highest BCUT2D eigenvalue weighted by atomic mass is 16.6. The van der Waals surface area contributed by atoms with Crippen molar-refractivity contribution < 1.29 is 14.8 Å². The smallest absolute Gasteiger partial charge is 0.335 e. The van der Waals surface area contributed by atoms with Crippen LogP contribution < -0.4 is 11.1 Å². The van der Waals surface area contributed by atoms with Gasteiger partial charge < -0.3 is 16.2 Å². The van der Waals surface area contributed by atoms with Gasteiger partial charge in [0.05, 0.1) is 21.9 Å². The number of para-hydroxylation sites is 2. The highest BCUT2D eigenvalue weighted by Gasteiger charge is 2.17. The molecule has 7 nitrogen and oxygen atoms in total. The minimum atomic E-state index is -1.22. The molecule has 0 radical (unpaired) electrons. The molecular weight excluding hydrogens is 262 g/mol. The van der Waals surface area contributed by atoms with Crippen LogP contribution >= 0.6 is 0 Å². The summed E-state index contributed by atoms with van der Waals surface area (Å²) in [5, 5.41) is 22.7. The summed E-state index contributed by atoms with van der Waals surface area (Å²) in [5.74, 6) is -1.22. The number of nitrogens with one attached hydrogen (secondary N) is 1. The van der Waals surface area contributed by atoms with Crippen LogP contribution in [0.15, 0.2) is 42.5 Å². The van der Waals surface area contributed by atoms with Crippen LogP contribution in [0.2, 0.25) is 0 Å². The number of carbonyl (C=O) groups is 1. The van der Waals surface area contributed by atoms with Gasteiger partial charge in [0.2, 0.25) is 0 Å². The number of hydrogen-bond donors (Lipinski definition) is 3. The molecule has 0 saturated heterocycles. The second-order valence-electron chi connectivity index (χ2n) is 4.01. The average Bonchev–Trinajstić information content (AvgIpc) is 2.41. The summed E-state index contributed by atoms with van der Waals surface area (Å²) in [6.07, 6.45) is 0. The summed E-state index contributed by atoms with van der Waals surface area (Å²) >= 11 is 0. The largest absolute Gasteiger partial charge is 0.478 e. The number of benzene rings is 2. The minimum Gasteiger partial charge on any atom is -0.478 e. The number of hydrogen-bond acceptors (Lipinski definition) is 5. The first kappa shape index (κ1) is 13.3. The molecule has 0 aliphatic carbocycles. The monoisotopic (exact) mass is 273 g/mol. The molecule has 7 heteroatoms. The molecule has 0 aromatic heterocycles. The quantitative estimate of drug-likeness (QED) is 0.447. The Morgan fingerprint density at radius 2 is 1.90 bits per heavy atom. The SMILES string of the molecule is Nc1ccccc1Nc1ccc(C(=O)O)cc1[N+](=O)[O-]. The molecule has 0 spiro atoms. The number of rotatable bonds is 4. The van der Waals surface area contributed by atoms with E-state index in [4.69, 9.17) is 10.8 Å². The topological polar surface area (TPSA) is 118 Å². The molecule has 0 saturated carbocycles. The van der Waals surface area contributed by atoms with Gasteiger partial charge in [-0.3, -0.25) is 10.1 Å². The Bertz CT molecular complexity index is 685. The van der Waals surface area contributed by atoms with Crippen molar-refractivity contribution in [1.82, 2.24) is 0 Å². The van der Waals surface area contributed by atoms with Crippen LogP contribution in [-0.2, 0) is 0 Å². The number of carboxylic acid groups (broad SMARTS) is 1. The molecule has 0 fully saturated rings. The standard InChI is InChI=1S/C13H11N3O4/c14-9-3-1-2-4-10(9)15-11-6-5-8(13(17)18)7-12(11)16(19)20/h1-7,15H,14H2,(H,17,18). The Morgan fingerprint density at radius 3 is 2.50 bits per heavy atom. The average molecular weight is 273 g/mol. The summed E-state index contributed by atoms with van der Waals surface area (Å²) < 4.78 is 0. The van der Waals surface area contributed by atoms with Crippen molar-refractivity contribution in [2.45, 2.75) is 0 Å². The van der Waals surface area contributed by atoms with Crippen LogP contribution in [0.3, 0.4) is 0 Å². The molecule has 2 aromatic carbocycles. The van der Waals surface area contributed by atoms with Gasteiger partial charge in [-0.15, -0.1) is 0 Å². The van der Waals surface area contributed by atoms with Gasteiger partial charge >= 0.3 is 5.97 Å². The zero-order valence-corrected chi connectivity index (χ0v) is 10.2. The van der Waals surface area contributed by atoms with Crippen molar-refractivity contribution in [3.63, 3.8) is 0 Å². The van der Waals surface area contributed by atoms with Gasteiger partial charge in [0.25, 0.3) is 5.69 Å². The maximum Gasteiger partial charge on any atom is 0.335 e. The zero-order chi connectivity index (χ0) is 14.7. The van der Waals surface area contributed by atoms with Crippen molar-refractivity contribution in [2.24, 2.45) is 0 Å². The first-order valence-corrected chi connectivity index (χ1v) is 5.62. The maximum atomic E-state index is 11.0. The van der Waals surface area contributed by atoms with Gasteiger partial charge in [0, 0.05) is 6.07 Å². The van der Waals surface area contributed by atoms with Gasteiger partial charge in [0.15, 0.2) is 0 Å². The van der Waals surface area contributed by atoms with E-state index in [-0.39, 0.29) is 16.9 Å². The fraction of sp³-hybridized carbons (Fsp3) is 0. The van der Waals surface area contributed by atoms with E-state index in [1.807, 2.05) is 0 Å². The Morgan fingerprint density at radius 1 is 1.20 bits per heavy atom. The van der Waals surface area contributed by atoms with E-state index in [1.165, 1.54) is 12.1 Å². The number of carboxylic acids is 1. The van der Waals surface area contributed by atoms with Gasteiger partial charge in [-0.25, -0.2) is 4.79 Å². The molecule has 0 unspecified atom stereocenters. The second-order valence-corrected chi connectivity index (χ2v) is 4.01. The van der Waals surface area contributed by atoms with E-state index in [0.717, 1.165) is 6.07 Å².